The first kappa shape index (κ1) is 12.9. The van der Waals surface area contributed by atoms with Crippen molar-refractivity contribution in [3.8, 4) is 5.75 Å². The quantitative estimate of drug-likeness (QED) is 0.893. The van der Waals surface area contributed by atoms with Crippen LogP contribution in [-0.2, 0) is 13.7 Å². The van der Waals surface area contributed by atoms with Crippen molar-refractivity contribution in [1.82, 2.24) is 20.3 Å². The minimum Gasteiger partial charge on any atom is -0.485 e. The van der Waals surface area contributed by atoms with E-state index in [0.29, 0.717) is 6.61 Å². The van der Waals surface area contributed by atoms with Gasteiger partial charge in [-0.3, -0.25) is 4.68 Å². The Morgan fingerprint density at radius 3 is 2.80 bits per heavy atom. The van der Waals surface area contributed by atoms with Crippen LogP contribution in [0.2, 0.25) is 0 Å². The lowest BCUT2D eigenvalue weighted by atomic mass is 10.2. The topological polar surface area (TPSA) is 55.2 Å². The second kappa shape index (κ2) is 5.92. The minimum atomic E-state index is 0.441. The minimum absolute atomic E-state index is 0.441. The van der Waals surface area contributed by atoms with E-state index in [1.807, 2.05) is 31.4 Å². The molecule has 0 aliphatic carbocycles. The number of rotatable bonds is 4. The first-order valence-corrected chi connectivity index (χ1v) is 6.85. The van der Waals surface area contributed by atoms with E-state index in [0.717, 1.165) is 43.3 Å². The van der Waals surface area contributed by atoms with Crippen molar-refractivity contribution in [2.75, 3.05) is 31.1 Å². The van der Waals surface area contributed by atoms with Crippen molar-refractivity contribution in [2.24, 2.45) is 7.05 Å². The SMILES string of the molecule is Cn1cc(COc2ccccc2N2CCNCC2)nn1. The van der Waals surface area contributed by atoms with Gasteiger partial charge in [0.25, 0.3) is 0 Å². The smallest absolute Gasteiger partial charge is 0.143 e. The molecule has 2 aromatic rings. The van der Waals surface area contributed by atoms with Gasteiger partial charge >= 0.3 is 0 Å². The van der Waals surface area contributed by atoms with Gasteiger partial charge in [0.2, 0.25) is 0 Å². The van der Waals surface area contributed by atoms with Crippen LogP contribution in [0.15, 0.2) is 30.5 Å². The maximum absolute atomic E-state index is 5.91. The van der Waals surface area contributed by atoms with E-state index >= 15 is 0 Å². The zero-order valence-electron chi connectivity index (χ0n) is 11.6. The molecule has 0 bridgehead atoms. The number of para-hydroxylation sites is 2. The zero-order valence-corrected chi connectivity index (χ0v) is 11.6. The predicted molar refractivity (Wildman–Crippen MR) is 76.9 cm³/mol. The molecule has 6 nitrogen and oxygen atoms in total. The van der Waals surface area contributed by atoms with Gasteiger partial charge in [-0.05, 0) is 12.1 Å². The molecule has 3 rings (SSSR count). The average molecular weight is 273 g/mol. The third kappa shape index (κ3) is 2.91. The molecule has 1 aromatic carbocycles. The van der Waals surface area contributed by atoms with E-state index in [9.17, 15) is 0 Å². The first-order chi connectivity index (χ1) is 9.83. The summed E-state index contributed by atoms with van der Waals surface area (Å²) in [5.74, 6) is 0.903. The molecular formula is C14H19N5O. The number of aromatic nitrogens is 3. The second-order valence-corrected chi connectivity index (χ2v) is 4.88. The van der Waals surface area contributed by atoms with Gasteiger partial charge in [0.05, 0.1) is 11.9 Å². The number of piperazine rings is 1. The fourth-order valence-corrected chi connectivity index (χ4v) is 2.36. The van der Waals surface area contributed by atoms with Crippen molar-refractivity contribution in [1.29, 1.82) is 0 Å². The maximum Gasteiger partial charge on any atom is 0.143 e. The Morgan fingerprint density at radius 1 is 1.25 bits per heavy atom. The van der Waals surface area contributed by atoms with Crippen LogP contribution in [0.25, 0.3) is 0 Å². The summed E-state index contributed by atoms with van der Waals surface area (Å²) in [7, 11) is 1.85. The highest BCUT2D eigenvalue weighted by atomic mass is 16.5. The zero-order chi connectivity index (χ0) is 13.8. The van der Waals surface area contributed by atoms with E-state index < -0.39 is 0 Å². The number of hydrogen-bond donors (Lipinski definition) is 1. The summed E-state index contributed by atoms with van der Waals surface area (Å²) in [6.45, 7) is 4.48. The highest BCUT2D eigenvalue weighted by Gasteiger charge is 2.14. The lowest BCUT2D eigenvalue weighted by Gasteiger charge is -2.30. The lowest BCUT2D eigenvalue weighted by molar-refractivity contribution is 0.301. The Morgan fingerprint density at radius 2 is 2.05 bits per heavy atom. The molecule has 6 heteroatoms. The van der Waals surface area contributed by atoms with Crippen molar-refractivity contribution < 1.29 is 4.74 Å². The molecule has 1 aliphatic heterocycles. The van der Waals surface area contributed by atoms with Gasteiger partial charge in [0.15, 0.2) is 0 Å². The Hall–Kier alpha value is -2.08. The van der Waals surface area contributed by atoms with Gasteiger partial charge in [0, 0.05) is 33.2 Å². The van der Waals surface area contributed by atoms with Crippen LogP contribution >= 0.6 is 0 Å². The molecule has 0 spiro atoms. The van der Waals surface area contributed by atoms with E-state index in [-0.39, 0.29) is 0 Å². The number of nitrogens with one attached hydrogen (secondary N) is 1. The molecule has 1 fully saturated rings. The van der Waals surface area contributed by atoms with Crippen molar-refractivity contribution in [2.45, 2.75) is 6.61 Å². The highest BCUT2D eigenvalue weighted by molar-refractivity contribution is 5.58. The third-order valence-corrected chi connectivity index (χ3v) is 3.35. The number of anilines is 1. The van der Waals surface area contributed by atoms with Crippen LogP contribution in [0.5, 0.6) is 5.75 Å². The van der Waals surface area contributed by atoms with Crippen molar-refractivity contribution >= 4 is 5.69 Å². The average Bonchev–Trinajstić information content (AvgIpc) is 2.92. The van der Waals surface area contributed by atoms with Crippen LogP contribution in [-0.4, -0.2) is 41.2 Å². The summed E-state index contributed by atoms with van der Waals surface area (Å²) >= 11 is 0. The molecule has 1 aromatic heterocycles. The Balaban J connectivity index is 1.72. The molecule has 0 radical (unpaired) electrons. The monoisotopic (exact) mass is 273 g/mol. The number of hydrogen-bond acceptors (Lipinski definition) is 5. The molecule has 0 saturated carbocycles. The Labute approximate surface area is 118 Å². The summed E-state index contributed by atoms with van der Waals surface area (Å²) in [4.78, 5) is 2.35. The van der Waals surface area contributed by atoms with Gasteiger partial charge in [-0.2, -0.15) is 0 Å². The van der Waals surface area contributed by atoms with Crippen LogP contribution in [0.3, 0.4) is 0 Å². The van der Waals surface area contributed by atoms with E-state index in [2.05, 4.69) is 26.6 Å². The van der Waals surface area contributed by atoms with Crippen molar-refractivity contribution in [3.63, 3.8) is 0 Å². The molecule has 1 aliphatic rings. The van der Waals surface area contributed by atoms with Crippen LogP contribution in [0.1, 0.15) is 5.69 Å². The first-order valence-electron chi connectivity index (χ1n) is 6.85. The Bertz CT molecular complexity index is 562. The molecule has 1 N–H and O–H groups in total. The molecule has 0 unspecified atom stereocenters. The van der Waals surface area contributed by atoms with Gasteiger partial charge < -0.3 is 15.0 Å². The number of aryl methyl sites for hydroxylation is 1. The summed E-state index contributed by atoms with van der Waals surface area (Å²) in [6, 6.07) is 8.16. The normalized spacial score (nSPS) is 15.3. The largest absolute Gasteiger partial charge is 0.485 e. The fraction of sp³-hybridized carbons (Fsp3) is 0.429. The number of benzene rings is 1. The Kier molecular flexibility index (Phi) is 3.83. The van der Waals surface area contributed by atoms with Gasteiger partial charge in [-0.1, -0.05) is 17.3 Å². The van der Waals surface area contributed by atoms with Crippen LogP contribution < -0.4 is 15.0 Å². The third-order valence-electron chi connectivity index (χ3n) is 3.35. The fourth-order valence-electron chi connectivity index (χ4n) is 2.36. The molecule has 20 heavy (non-hydrogen) atoms. The predicted octanol–water partition coefficient (Wildman–Crippen LogP) is 0.804. The van der Waals surface area contributed by atoms with Crippen molar-refractivity contribution in [3.05, 3.63) is 36.2 Å². The summed E-state index contributed by atoms with van der Waals surface area (Å²) in [6.07, 6.45) is 1.87. The van der Waals surface area contributed by atoms with Gasteiger partial charge in [-0.15, -0.1) is 5.10 Å². The van der Waals surface area contributed by atoms with Crippen LogP contribution in [0.4, 0.5) is 5.69 Å². The molecule has 0 amide bonds. The summed E-state index contributed by atoms with van der Waals surface area (Å²) in [5.41, 5.74) is 1.99. The van der Waals surface area contributed by atoms with E-state index in [1.54, 1.807) is 4.68 Å². The molecular weight excluding hydrogens is 254 g/mol. The van der Waals surface area contributed by atoms with E-state index in [1.165, 1.54) is 0 Å². The lowest BCUT2D eigenvalue weighted by Crippen LogP contribution is -2.43. The second-order valence-electron chi connectivity index (χ2n) is 4.88. The number of ether oxygens (including phenoxy) is 1. The van der Waals surface area contributed by atoms with Crippen LogP contribution in [0, 0.1) is 0 Å². The summed E-state index contributed by atoms with van der Waals surface area (Å²) in [5, 5.41) is 11.3. The molecule has 0 atom stereocenters. The van der Waals surface area contributed by atoms with E-state index in [4.69, 9.17) is 4.74 Å². The van der Waals surface area contributed by atoms with Gasteiger partial charge in [-0.25, -0.2) is 0 Å². The number of nitrogens with zero attached hydrogens (tertiary/aromatic N) is 4. The molecule has 1 saturated heterocycles. The molecule has 2 heterocycles. The molecule has 106 valence electrons. The highest BCUT2D eigenvalue weighted by Crippen LogP contribution is 2.28. The van der Waals surface area contributed by atoms with Gasteiger partial charge in [0.1, 0.15) is 18.1 Å². The summed E-state index contributed by atoms with van der Waals surface area (Å²) < 4.78 is 7.59. The maximum atomic E-state index is 5.91. The standard InChI is InChI=1S/C14H19N5O/c1-18-10-12(16-17-18)11-20-14-5-3-2-4-13(14)19-8-6-15-7-9-19/h2-5,10,15H,6-9,11H2,1H3.